The van der Waals surface area contributed by atoms with Crippen molar-refractivity contribution in [2.45, 2.75) is 274 Å². The van der Waals surface area contributed by atoms with E-state index in [0.29, 0.717) is 143 Å². The second-order valence-corrected chi connectivity index (χ2v) is 38.0. The highest BCUT2D eigenvalue weighted by Gasteiger charge is 2.48. The predicted molar refractivity (Wildman–Crippen MR) is 497 cm³/mol. The van der Waals surface area contributed by atoms with Crippen LogP contribution in [0.3, 0.4) is 0 Å². The number of hydrogen-bond acceptors (Lipinski definition) is 14. The van der Waals surface area contributed by atoms with E-state index in [-0.39, 0.29) is 106 Å². The minimum Gasteiger partial charge on any atom is -0.462 e. The molecule has 664 valence electrons. The van der Waals surface area contributed by atoms with E-state index in [1.165, 1.54) is 22.6 Å². The van der Waals surface area contributed by atoms with Gasteiger partial charge in [-0.3, -0.25) is 38.6 Å². The number of imide groups is 2. The van der Waals surface area contributed by atoms with Gasteiger partial charge >= 0.3 is 11.9 Å². The molecule has 4 fully saturated rings. The second-order valence-electron chi connectivity index (χ2n) is 38.0. The van der Waals surface area contributed by atoms with Crippen LogP contribution in [0.4, 0.5) is 0 Å². The summed E-state index contributed by atoms with van der Waals surface area (Å²) in [6.45, 7) is 28.4. The number of hydrogen-bond donors (Lipinski definition) is 0. The summed E-state index contributed by atoms with van der Waals surface area (Å²) in [5, 5.41) is 2.66. The smallest absolute Gasteiger partial charge is 0.333 e. The molecule has 0 radical (unpaired) electrons. The number of aryl methyl sites for hydroxylation is 8. The maximum Gasteiger partial charge on any atom is 0.333 e. The van der Waals surface area contributed by atoms with Crippen molar-refractivity contribution in [1.82, 2.24) is 19.6 Å². The van der Waals surface area contributed by atoms with Gasteiger partial charge in [-0.2, -0.15) is 0 Å². The highest BCUT2D eigenvalue weighted by atomic mass is 16.5. The van der Waals surface area contributed by atoms with E-state index < -0.39 is 47.7 Å². The van der Waals surface area contributed by atoms with Gasteiger partial charge in [-0.1, -0.05) is 166 Å². The number of fused-ring (bicyclic) bond motifs is 2. The quantitative estimate of drug-likeness (QED) is 0.00895. The van der Waals surface area contributed by atoms with Crippen molar-refractivity contribution in [3.63, 3.8) is 0 Å². The van der Waals surface area contributed by atoms with Crippen molar-refractivity contribution in [3.05, 3.63) is 188 Å². The number of unbranched alkanes of at least 4 members (excludes halogenated alkanes) is 2. The molecule has 0 saturated heterocycles. The summed E-state index contributed by atoms with van der Waals surface area (Å²) in [4.78, 5) is 134. The number of ether oxygens (including phenoxy) is 6. The monoisotopic (exact) mass is 1700 g/mol. The Hall–Kier alpha value is -10.9. The molecule has 2 atom stereocenters. The summed E-state index contributed by atoms with van der Waals surface area (Å²) in [6.07, 6.45) is 26.3. The summed E-state index contributed by atoms with van der Waals surface area (Å²) in [7, 11) is 0. The third-order valence-electron chi connectivity index (χ3n) is 27.8. The number of esters is 2. The summed E-state index contributed by atoms with van der Waals surface area (Å²) in [5.41, 5.74) is 8.25. The van der Waals surface area contributed by atoms with E-state index in [2.05, 4.69) is 31.4 Å². The number of carbonyl (C=O) groups excluding carboxylic acids is 8. The number of benzene rings is 9. The maximum atomic E-state index is 17.3. The maximum absolute atomic E-state index is 17.3. The lowest BCUT2D eigenvalue weighted by Gasteiger charge is -2.38. The van der Waals surface area contributed by atoms with Crippen LogP contribution in [0.2, 0.25) is 0 Å². The van der Waals surface area contributed by atoms with Crippen LogP contribution in [0, 0.1) is 79.1 Å². The Kier molecular flexibility index (Phi) is 28.5. The molecule has 6 amide bonds. The van der Waals surface area contributed by atoms with Gasteiger partial charge in [0.2, 0.25) is 11.8 Å². The van der Waals surface area contributed by atoms with E-state index >= 15 is 28.8 Å². The molecule has 126 heavy (non-hydrogen) atoms. The van der Waals surface area contributed by atoms with Crippen LogP contribution in [0.1, 0.15) is 292 Å². The standard InChI is InChI=1S/C108H128N4O14/c1-65(2)107(119)121-49-27-25-45-109(47-43-77-33-21-15-22-34-77)105(117)87(41-38-75-29-17-13-18-30-75)111-101(113)83-61-89(123-79-40-37-73(11)74(12)60-79)95-96-90(124-80-54-67(5)51-68(6)55-80)62-85-94-86(64-92(126-82-58-71(9)53-72(10)59-82)98(100(94)96)97-91(63-84(102(111)114)93(83)99(95)97)125-81-56-69(7)52-70(8)57-81)104(116)112(103(85)115)88(42-39-76-31-19-14-20-32-76)106(118)110(48-44-78-35-23-16-24-36-78)46-26-28-50-122-108(120)66(3)4/h37,40,51-64,75-78,87-88H,1,3,13-36,38-39,41-50H2,2,4-12H3. The van der Waals surface area contributed by atoms with E-state index in [9.17, 15) is 9.59 Å². The van der Waals surface area contributed by atoms with Crippen LogP contribution >= 0.6 is 0 Å². The average Bonchev–Trinajstić information content (AvgIpc) is 0.669. The van der Waals surface area contributed by atoms with E-state index in [1.54, 1.807) is 38.1 Å². The van der Waals surface area contributed by atoms with Crippen LogP contribution in [-0.4, -0.2) is 118 Å². The van der Waals surface area contributed by atoms with Crippen molar-refractivity contribution in [3.8, 4) is 46.0 Å². The molecule has 2 heterocycles. The zero-order chi connectivity index (χ0) is 88.7. The lowest BCUT2D eigenvalue weighted by Crippen LogP contribution is -2.55. The van der Waals surface area contributed by atoms with Gasteiger partial charge in [-0.15, -0.1) is 0 Å². The highest BCUT2D eigenvalue weighted by Crippen LogP contribution is 2.59. The molecular formula is C108H128N4O14. The van der Waals surface area contributed by atoms with E-state index in [1.807, 2.05) is 120 Å². The van der Waals surface area contributed by atoms with Crippen molar-refractivity contribution < 1.29 is 66.8 Å². The van der Waals surface area contributed by atoms with Crippen LogP contribution in [0.5, 0.6) is 46.0 Å². The molecule has 9 aromatic carbocycles. The minimum atomic E-state index is -1.26. The number of carbonyl (C=O) groups is 8. The van der Waals surface area contributed by atoms with Crippen LogP contribution in [-0.2, 0) is 28.7 Å². The largest absolute Gasteiger partial charge is 0.462 e. The molecule has 0 spiro atoms. The first-order valence-corrected chi connectivity index (χ1v) is 47.1. The topological polar surface area (TPSA) is 205 Å². The summed E-state index contributed by atoms with van der Waals surface area (Å²) in [5.74, 6) is -0.740. The highest BCUT2D eigenvalue weighted by molar-refractivity contribution is 6.45. The number of nitrogens with zero attached hydrogens (tertiary/aromatic N) is 4. The molecule has 0 bridgehead atoms. The Bertz CT molecular complexity index is 5590. The molecule has 9 aromatic rings. The lowest BCUT2D eigenvalue weighted by molar-refractivity contribution is -0.140. The Morgan fingerprint density at radius 2 is 0.635 bits per heavy atom. The minimum absolute atomic E-state index is 0.0940. The van der Waals surface area contributed by atoms with E-state index in [4.69, 9.17) is 28.4 Å². The molecule has 18 heteroatoms. The Labute approximate surface area is 743 Å². The van der Waals surface area contributed by atoms with Gasteiger partial charge in [-0.05, 0) is 274 Å². The summed E-state index contributed by atoms with van der Waals surface area (Å²) < 4.78 is 41.5. The first kappa shape index (κ1) is 89.9. The van der Waals surface area contributed by atoms with Gasteiger partial charge in [0.1, 0.15) is 58.1 Å². The molecule has 6 aliphatic rings. The molecule has 0 N–H and O–H groups in total. The second kappa shape index (κ2) is 40.0. The van der Waals surface area contributed by atoms with Crippen LogP contribution in [0.15, 0.2) is 121 Å². The summed E-state index contributed by atoms with van der Waals surface area (Å²) in [6, 6.07) is 27.9. The first-order valence-electron chi connectivity index (χ1n) is 47.1. The average molecular weight is 1710 g/mol. The van der Waals surface area contributed by atoms with Gasteiger partial charge < -0.3 is 38.2 Å². The lowest BCUT2D eigenvalue weighted by atomic mass is 9.80. The number of rotatable bonds is 36. The van der Waals surface area contributed by atoms with Gasteiger partial charge in [0.15, 0.2) is 0 Å². The fourth-order valence-electron chi connectivity index (χ4n) is 21.3. The third-order valence-corrected chi connectivity index (χ3v) is 27.8. The van der Waals surface area contributed by atoms with E-state index in [0.717, 1.165) is 173 Å². The molecule has 2 unspecified atom stereocenters. The van der Waals surface area contributed by atoms with Crippen molar-refractivity contribution in [2.75, 3.05) is 39.4 Å². The normalized spacial score (nSPS) is 16.6. The molecule has 4 aliphatic carbocycles. The third kappa shape index (κ3) is 20.1. The Balaban J connectivity index is 1.01. The first-order chi connectivity index (χ1) is 60.7. The van der Waals surface area contributed by atoms with Gasteiger partial charge in [0.05, 0.1) is 35.5 Å². The fraction of sp³-hybridized carbons (Fsp3) is 0.481. The van der Waals surface area contributed by atoms with Crippen molar-refractivity contribution >= 4 is 90.5 Å². The van der Waals surface area contributed by atoms with Crippen molar-refractivity contribution in [1.29, 1.82) is 0 Å². The molecule has 0 aromatic heterocycles. The predicted octanol–water partition coefficient (Wildman–Crippen LogP) is 25.4. The van der Waals surface area contributed by atoms with Crippen LogP contribution in [0.25, 0.3) is 43.1 Å². The zero-order valence-corrected chi connectivity index (χ0v) is 76.1. The van der Waals surface area contributed by atoms with Gasteiger partial charge in [0, 0.05) is 80.4 Å². The molecule has 15 rings (SSSR count). The fourth-order valence-corrected chi connectivity index (χ4v) is 21.3. The Morgan fingerprint density at radius 1 is 0.341 bits per heavy atom. The van der Waals surface area contributed by atoms with Gasteiger partial charge in [0.25, 0.3) is 23.6 Å². The van der Waals surface area contributed by atoms with Crippen LogP contribution < -0.4 is 18.9 Å². The zero-order valence-electron chi connectivity index (χ0n) is 76.1. The molecule has 2 aliphatic heterocycles. The summed E-state index contributed by atoms with van der Waals surface area (Å²) >= 11 is 0. The SMILES string of the molecule is C=C(C)C(=O)OCCCCN(CCC1CCCCC1)C(=O)C(CCC1CCCCC1)N1C(=O)c2cc(Oc3cc(C)cc(C)c3)c3c4c(Oc5cc(C)cc(C)c5)cc5c6c(cc(Oc7ccc(C)c(C)c7)c(c7c(Oc8cc(C)cc(C)c8)cc(c2c37)C1=O)c64)C(=O)N(C(CCC1CCCCC1)C(=O)N(CCCCOC(=O)C(=C)C)CCC1CCCCC1)C5=O. The molecule has 18 nitrogen and oxygen atoms in total. The molecule has 4 saturated carbocycles. The Morgan fingerprint density at radius 3 is 0.929 bits per heavy atom. The van der Waals surface area contributed by atoms with Gasteiger partial charge in [-0.25, -0.2) is 9.59 Å². The number of amides is 6. The molecular weight excluding hydrogens is 1580 g/mol. The van der Waals surface area contributed by atoms with Crippen molar-refractivity contribution in [2.24, 2.45) is 23.7 Å².